The summed E-state index contributed by atoms with van der Waals surface area (Å²) in [6, 6.07) is 0. The molecule has 0 amide bonds. The van der Waals surface area contributed by atoms with Crippen LogP contribution in [-0.2, 0) is 7.05 Å². The first-order valence-electron chi connectivity index (χ1n) is 4.12. The number of hydrogen-bond donors (Lipinski definition) is 0. The van der Waals surface area contributed by atoms with Crippen LogP contribution in [0.3, 0.4) is 0 Å². The van der Waals surface area contributed by atoms with Crippen molar-refractivity contribution in [2.75, 3.05) is 0 Å². The maximum absolute atomic E-state index is 10.5. The van der Waals surface area contributed by atoms with Crippen molar-refractivity contribution in [1.29, 1.82) is 0 Å². The van der Waals surface area contributed by atoms with Gasteiger partial charge in [-0.05, 0) is 6.92 Å². The number of aldehydes is 1. The number of carbonyl (C=O) groups is 1. The van der Waals surface area contributed by atoms with Gasteiger partial charge in [-0.2, -0.15) is 5.10 Å². The van der Waals surface area contributed by atoms with Crippen LogP contribution in [0.1, 0.15) is 16.2 Å². The van der Waals surface area contributed by atoms with E-state index in [1.165, 1.54) is 11.3 Å². The van der Waals surface area contributed by atoms with Gasteiger partial charge in [0.05, 0.1) is 11.8 Å². The Kier molecular flexibility index (Phi) is 2.17. The Morgan fingerprint density at radius 3 is 2.86 bits per heavy atom. The second kappa shape index (κ2) is 3.34. The van der Waals surface area contributed by atoms with Crippen molar-refractivity contribution < 1.29 is 4.79 Å². The van der Waals surface area contributed by atoms with Crippen LogP contribution in [0.2, 0.25) is 0 Å². The summed E-state index contributed by atoms with van der Waals surface area (Å²) in [4.78, 5) is 14.6. The summed E-state index contributed by atoms with van der Waals surface area (Å²) in [6.45, 7) is 1.98. The van der Waals surface area contributed by atoms with Gasteiger partial charge >= 0.3 is 0 Å². The molecule has 2 aromatic heterocycles. The van der Waals surface area contributed by atoms with Crippen LogP contribution in [0.25, 0.3) is 10.6 Å². The highest BCUT2D eigenvalue weighted by Gasteiger charge is 2.10. The summed E-state index contributed by atoms with van der Waals surface area (Å²) >= 11 is 1.46. The second-order valence-electron chi connectivity index (χ2n) is 2.96. The van der Waals surface area contributed by atoms with Crippen molar-refractivity contribution in [3.63, 3.8) is 0 Å². The van der Waals surface area contributed by atoms with Crippen molar-refractivity contribution in [2.24, 2.45) is 7.05 Å². The third kappa shape index (κ3) is 1.35. The van der Waals surface area contributed by atoms with E-state index in [4.69, 9.17) is 0 Å². The zero-order chi connectivity index (χ0) is 10.1. The molecule has 0 N–H and O–H groups in total. The number of nitrogens with zero attached hydrogens (tertiary/aromatic N) is 3. The minimum absolute atomic E-state index is 0.480. The van der Waals surface area contributed by atoms with Crippen molar-refractivity contribution in [3.8, 4) is 10.6 Å². The van der Waals surface area contributed by atoms with Gasteiger partial charge in [0, 0.05) is 18.1 Å². The Morgan fingerprint density at radius 1 is 1.57 bits per heavy atom. The molecule has 2 aromatic rings. The molecule has 5 heteroatoms. The van der Waals surface area contributed by atoms with Crippen molar-refractivity contribution >= 4 is 17.6 Å². The Balaban J connectivity index is 2.49. The molecular weight excluding hydrogens is 198 g/mol. The van der Waals surface area contributed by atoms with Crippen LogP contribution >= 0.6 is 11.3 Å². The fourth-order valence-corrected chi connectivity index (χ4v) is 2.00. The molecule has 0 radical (unpaired) electrons. The normalized spacial score (nSPS) is 10.4. The molecule has 0 fully saturated rings. The van der Waals surface area contributed by atoms with E-state index in [-0.39, 0.29) is 0 Å². The Labute approximate surface area is 85.2 Å². The smallest absolute Gasteiger partial charge is 0.169 e. The highest BCUT2D eigenvalue weighted by atomic mass is 32.1. The summed E-state index contributed by atoms with van der Waals surface area (Å²) in [5, 5.41) is 6.71. The van der Waals surface area contributed by atoms with Gasteiger partial charge in [0.1, 0.15) is 10.7 Å². The number of rotatable bonds is 2. The van der Waals surface area contributed by atoms with Crippen LogP contribution in [-0.4, -0.2) is 21.1 Å². The van der Waals surface area contributed by atoms with E-state index >= 15 is 0 Å². The lowest BCUT2D eigenvalue weighted by molar-refractivity contribution is 0.111. The predicted molar refractivity (Wildman–Crippen MR) is 54.4 cm³/mol. The molecule has 0 unspecified atom stereocenters. The molecule has 0 aliphatic carbocycles. The molecule has 0 aliphatic rings. The fourth-order valence-electron chi connectivity index (χ4n) is 1.17. The molecule has 4 nitrogen and oxygen atoms in total. The van der Waals surface area contributed by atoms with Crippen LogP contribution in [0.15, 0.2) is 11.6 Å². The maximum atomic E-state index is 10.5. The van der Waals surface area contributed by atoms with Gasteiger partial charge in [-0.1, -0.05) is 0 Å². The van der Waals surface area contributed by atoms with Crippen LogP contribution in [0.4, 0.5) is 0 Å². The monoisotopic (exact) mass is 207 g/mol. The van der Waals surface area contributed by atoms with Crippen LogP contribution in [0.5, 0.6) is 0 Å². The molecule has 14 heavy (non-hydrogen) atoms. The van der Waals surface area contributed by atoms with Crippen LogP contribution < -0.4 is 0 Å². The lowest BCUT2D eigenvalue weighted by Gasteiger charge is -1.94. The molecule has 0 saturated heterocycles. The fraction of sp³-hybridized carbons (Fsp3) is 0.222. The third-order valence-corrected chi connectivity index (χ3v) is 3.00. The van der Waals surface area contributed by atoms with Gasteiger partial charge in [-0.15, -0.1) is 11.3 Å². The molecule has 0 atom stereocenters. The highest BCUT2D eigenvalue weighted by Crippen LogP contribution is 2.25. The molecule has 2 rings (SSSR count). The Hall–Kier alpha value is -1.49. The summed E-state index contributed by atoms with van der Waals surface area (Å²) in [7, 11) is 1.88. The standard InChI is InChI=1S/C9H9N3OS/c1-6-8(3-10-12(6)2)9-11-7(4-13)5-14-9/h3-5H,1-2H3. The van der Waals surface area contributed by atoms with Gasteiger partial charge in [-0.25, -0.2) is 4.98 Å². The highest BCUT2D eigenvalue weighted by molar-refractivity contribution is 7.13. The van der Waals surface area contributed by atoms with E-state index in [2.05, 4.69) is 10.1 Å². The van der Waals surface area contributed by atoms with E-state index in [9.17, 15) is 4.79 Å². The molecular formula is C9H9N3OS. The molecule has 0 aliphatic heterocycles. The number of aryl methyl sites for hydroxylation is 1. The number of carbonyl (C=O) groups excluding carboxylic acids is 1. The predicted octanol–water partition coefficient (Wildman–Crippen LogP) is 1.66. The lowest BCUT2D eigenvalue weighted by atomic mass is 10.3. The van der Waals surface area contributed by atoms with Crippen molar-refractivity contribution in [3.05, 3.63) is 23.0 Å². The summed E-state index contributed by atoms with van der Waals surface area (Å²) in [5.74, 6) is 0. The molecule has 0 bridgehead atoms. The molecule has 72 valence electrons. The number of hydrogen-bond acceptors (Lipinski definition) is 4. The van der Waals surface area contributed by atoms with Crippen molar-refractivity contribution in [1.82, 2.24) is 14.8 Å². The SMILES string of the molecule is Cc1c(-c2nc(C=O)cs2)cnn1C. The molecule has 0 saturated carbocycles. The van der Waals surface area contributed by atoms with Gasteiger partial charge in [-0.3, -0.25) is 9.48 Å². The average Bonchev–Trinajstić information content (AvgIpc) is 2.75. The topological polar surface area (TPSA) is 47.8 Å². The zero-order valence-electron chi connectivity index (χ0n) is 7.89. The summed E-state index contributed by atoms with van der Waals surface area (Å²) in [5.41, 5.74) is 2.52. The second-order valence-corrected chi connectivity index (χ2v) is 3.82. The van der Waals surface area contributed by atoms with E-state index in [1.807, 2.05) is 14.0 Å². The Bertz CT molecular complexity index is 472. The largest absolute Gasteiger partial charge is 0.296 e. The van der Waals surface area contributed by atoms with Gasteiger partial charge in [0.25, 0.3) is 0 Å². The van der Waals surface area contributed by atoms with Gasteiger partial charge in [0.2, 0.25) is 0 Å². The van der Waals surface area contributed by atoms with Crippen molar-refractivity contribution in [2.45, 2.75) is 6.92 Å². The van der Waals surface area contributed by atoms with Crippen LogP contribution in [0, 0.1) is 6.92 Å². The molecule has 0 aromatic carbocycles. The first-order valence-corrected chi connectivity index (χ1v) is 5.00. The number of aromatic nitrogens is 3. The summed E-state index contributed by atoms with van der Waals surface area (Å²) in [6.07, 6.45) is 2.52. The van der Waals surface area contributed by atoms with E-state index in [1.54, 1.807) is 16.3 Å². The summed E-state index contributed by atoms with van der Waals surface area (Å²) < 4.78 is 1.79. The van der Waals surface area contributed by atoms with E-state index in [0.717, 1.165) is 22.6 Å². The minimum Gasteiger partial charge on any atom is -0.296 e. The minimum atomic E-state index is 0.480. The van der Waals surface area contributed by atoms with Gasteiger partial charge < -0.3 is 0 Å². The first-order chi connectivity index (χ1) is 6.72. The third-order valence-electron chi connectivity index (χ3n) is 2.11. The zero-order valence-corrected chi connectivity index (χ0v) is 8.71. The molecule has 2 heterocycles. The quantitative estimate of drug-likeness (QED) is 0.704. The van der Waals surface area contributed by atoms with E-state index < -0.39 is 0 Å². The van der Waals surface area contributed by atoms with Gasteiger partial charge in [0.15, 0.2) is 6.29 Å². The first kappa shape index (κ1) is 9.08. The maximum Gasteiger partial charge on any atom is 0.169 e. The Morgan fingerprint density at radius 2 is 2.36 bits per heavy atom. The molecule has 0 spiro atoms. The average molecular weight is 207 g/mol. The number of thiazole rings is 1. The lowest BCUT2D eigenvalue weighted by Crippen LogP contribution is -1.92. The van der Waals surface area contributed by atoms with E-state index in [0.29, 0.717) is 5.69 Å².